The minimum atomic E-state index is -0.581. The summed E-state index contributed by atoms with van der Waals surface area (Å²) >= 11 is 7.43. The molecule has 140 valence electrons. The van der Waals surface area contributed by atoms with Crippen LogP contribution in [0.3, 0.4) is 0 Å². The Morgan fingerprint density at radius 2 is 1.93 bits per heavy atom. The Morgan fingerprint density at radius 1 is 1.19 bits per heavy atom. The van der Waals surface area contributed by atoms with E-state index in [0.717, 1.165) is 24.1 Å². The summed E-state index contributed by atoms with van der Waals surface area (Å²) in [5.41, 5.74) is 5.49. The normalized spacial score (nSPS) is 19.9. The monoisotopic (exact) mass is 400 g/mol. The van der Waals surface area contributed by atoms with Crippen molar-refractivity contribution in [2.24, 2.45) is 0 Å². The van der Waals surface area contributed by atoms with E-state index in [4.69, 9.17) is 11.6 Å². The SMILES string of the molecule is CC(Cl)C(=O)Nc1ccc(C2SCC(=O)N2c2ccc3c(c2)CCC3)cc1. The van der Waals surface area contributed by atoms with Crippen molar-refractivity contribution < 1.29 is 9.59 Å². The van der Waals surface area contributed by atoms with Crippen molar-refractivity contribution in [1.29, 1.82) is 0 Å². The minimum Gasteiger partial charge on any atom is -0.325 e. The highest BCUT2D eigenvalue weighted by Crippen LogP contribution is 2.42. The van der Waals surface area contributed by atoms with E-state index >= 15 is 0 Å². The Bertz CT molecular complexity index is 882. The molecular weight excluding hydrogens is 380 g/mol. The lowest BCUT2D eigenvalue weighted by atomic mass is 10.1. The van der Waals surface area contributed by atoms with Crippen LogP contribution in [0.25, 0.3) is 0 Å². The number of halogens is 1. The van der Waals surface area contributed by atoms with E-state index < -0.39 is 5.38 Å². The highest BCUT2D eigenvalue weighted by Gasteiger charge is 2.34. The molecule has 0 saturated carbocycles. The van der Waals surface area contributed by atoms with Gasteiger partial charge in [-0.2, -0.15) is 0 Å². The summed E-state index contributed by atoms with van der Waals surface area (Å²) in [5.74, 6) is 0.384. The van der Waals surface area contributed by atoms with Gasteiger partial charge in [0.1, 0.15) is 10.8 Å². The molecule has 0 bridgehead atoms. The topological polar surface area (TPSA) is 49.4 Å². The number of amides is 2. The Morgan fingerprint density at radius 3 is 2.67 bits per heavy atom. The van der Waals surface area contributed by atoms with Gasteiger partial charge in [0.15, 0.2) is 0 Å². The molecule has 2 amide bonds. The van der Waals surface area contributed by atoms with Crippen LogP contribution in [-0.2, 0) is 22.4 Å². The number of thioether (sulfide) groups is 1. The molecule has 0 aromatic heterocycles. The minimum absolute atomic E-state index is 0.0475. The van der Waals surface area contributed by atoms with Gasteiger partial charge in [-0.3, -0.25) is 14.5 Å². The standard InChI is InChI=1S/C21H21ClN2O2S/c1-13(22)20(26)23-17-8-5-15(6-9-17)21-24(19(25)12-27-21)18-10-7-14-3-2-4-16(14)11-18/h5-11,13,21H,2-4,12H2,1H3,(H,23,26). The zero-order valence-corrected chi connectivity index (χ0v) is 16.6. The lowest BCUT2D eigenvalue weighted by Gasteiger charge is -2.25. The van der Waals surface area contributed by atoms with E-state index in [9.17, 15) is 9.59 Å². The van der Waals surface area contributed by atoms with Gasteiger partial charge in [-0.25, -0.2) is 0 Å². The van der Waals surface area contributed by atoms with E-state index in [1.807, 2.05) is 29.2 Å². The molecule has 1 saturated heterocycles. The van der Waals surface area contributed by atoms with Crippen molar-refractivity contribution in [3.8, 4) is 0 Å². The maximum Gasteiger partial charge on any atom is 0.242 e. The largest absolute Gasteiger partial charge is 0.325 e. The molecule has 1 N–H and O–H groups in total. The molecule has 27 heavy (non-hydrogen) atoms. The number of aryl methyl sites for hydroxylation is 2. The third-order valence-corrected chi connectivity index (χ3v) is 6.46. The van der Waals surface area contributed by atoms with Crippen LogP contribution < -0.4 is 10.2 Å². The predicted octanol–water partition coefficient (Wildman–Crippen LogP) is 4.52. The summed E-state index contributed by atoms with van der Waals surface area (Å²) in [6, 6.07) is 14.0. The summed E-state index contributed by atoms with van der Waals surface area (Å²) in [4.78, 5) is 26.2. The van der Waals surface area contributed by atoms with Gasteiger partial charge in [0.2, 0.25) is 11.8 Å². The first-order chi connectivity index (χ1) is 13.0. The maximum atomic E-state index is 12.6. The number of nitrogens with zero attached hydrogens (tertiary/aromatic N) is 1. The van der Waals surface area contributed by atoms with Gasteiger partial charge in [-0.15, -0.1) is 23.4 Å². The van der Waals surface area contributed by atoms with Crippen molar-refractivity contribution in [2.45, 2.75) is 36.9 Å². The molecular formula is C21H21ClN2O2S. The number of hydrogen-bond acceptors (Lipinski definition) is 3. The summed E-state index contributed by atoms with van der Waals surface area (Å²) < 4.78 is 0. The van der Waals surface area contributed by atoms with E-state index in [2.05, 4.69) is 23.5 Å². The molecule has 1 heterocycles. The van der Waals surface area contributed by atoms with Gasteiger partial charge in [-0.1, -0.05) is 18.2 Å². The number of fused-ring (bicyclic) bond motifs is 1. The van der Waals surface area contributed by atoms with Crippen LogP contribution in [0, 0.1) is 0 Å². The number of alkyl halides is 1. The molecule has 2 atom stereocenters. The number of nitrogens with one attached hydrogen (secondary N) is 1. The van der Waals surface area contributed by atoms with Gasteiger partial charge in [0.25, 0.3) is 0 Å². The second kappa shape index (κ2) is 7.56. The highest BCUT2D eigenvalue weighted by molar-refractivity contribution is 8.00. The first kappa shape index (κ1) is 18.4. The molecule has 1 aliphatic heterocycles. The average molecular weight is 401 g/mol. The van der Waals surface area contributed by atoms with Crippen molar-refractivity contribution >= 4 is 46.6 Å². The lowest BCUT2D eigenvalue weighted by Crippen LogP contribution is -2.28. The van der Waals surface area contributed by atoms with Crippen molar-refractivity contribution in [2.75, 3.05) is 16.0 Å². The number of hydrogen-bond donors (Lipinski definition) is 1. The number of benzene rings is 2. The molecule has 0 radical (unpaired) electrons. The summed E-state index contributed by atoms with van der Waals surface area (Å²) in [7, 11) is 0. The second-order valence-electron chi connectivity index (χ2n) is 6.96. The quantitative estimate of drug-likeness (QED) is 0.767. The maximum absolute atomic E-state index is 12.6. The summed E-state index contributed by atoms with van der Waals surface area (Å²) in [6.45, 7) is 1.64. The number of anilines is 2. The van der Waals surface area contributed by atoms with E-state index in [0.29, 0.717) is 11.4 Å². The third kappa shape index (κ3) is 3.71. The van der Waals surface area contributed by atoms with Crippen LogP contribution in [0.1, 0.15) is 35.4 Å². The fourth-order valence-electron chi connectivity index (χ4n) is 3.63. The summed E-state index contributed by atoms with van der Waals surface area (Å²) in [5, 5.41) is 2.15. The van der Waals surface area contributed by atoms with Crippen molar-refractivity contribution in [1.82, 2.24) is 0 Å². The molecule has 1 fully saturated rings. The van der Waals surface area contributed by atoms with Crippen molar-refractivity contribution in [3.63, 3.8) is 0 Å². The molecule has 2 aliphatic rings. The number of carbonyl (C=O) groups is 2. The zero-order valence-electron chi connectivity index (χ0n) is 15.1. The lowest BCUT2D eigenvalue weighted by molar-refractivity contribution is -0.116. The molecule has 2 aromatic rings. The molecule has 6 heteroatoms. The van der Waals surface area contributed by atoms with Crippen LogP contribution in [-0.4, -0.2) is 22.9 Å². The first-order valence-corrected chi connectivity index (χ1v) is 10.6. The van der Waals surface area contributed by atoms with Gasteiger partial charge in [0.05, 0.1) is 5.75 Å². The Labute approximate surface area is 168 Å². The summed E-state index contributed by atoms with van der Waals surface area (Å²) in [6.07, 6.45) is 3.42. The molecule has 2 aromatic carbocycles. The van der Waals surface area contributed by atoms with E-state index in [-0.39, 0.29) is 17.2 Å². The van der Waals surface area contributed by atoms with E-state index in [1.165, 1.54) is 17.5 Å². The Balaban J connectivity index is 1.57. The molecule has 2 unspecified atom stereocenters. The fraction of sp³-hybridized carbons (Fsp3) is 0.333. The van der Waals surface area contributed by atoms with Crippen LogP contribution >= 0.6 is 23.4 Å². The molecule has 0 spiro atoms. The van der Waals surface area contributed by atoms with Crippen LogP contribution in [0.15, 0.2) is 42.5 Å². The molecule has 1 aliphatic carbocycles. The van der Waals surface area contributed by atoms with Gasteiger partial charge < -0.3 is 5.32 Å². The second-order valence-corrected chi connectivity index (χ2v) is 8.68. The highest BCUT2D eigenvalue weighted by atomic mass is 35.5. The van der Waals surface area contributed by atoms with E-state index in [1.54, 1.807) is 18.7 Å². The van der Waals surface area contributed by atoms with Crippen molar-refractivity contribution in [3.05, 3.63) is 59.2 Å². The zero-order chi connectivity index (χ0) is 19.0. The van der Waals surface area contributed by atoms with Gasteiger partial charge >= 0.3 is 0 Å². The van der Waals surface area contributed by atoms with Crippen LogP contribution in [0.4, 0.5) is 11.4 Å². The number of rotatable bonds is 4. The Hall–Kier alpha value is -1.98. The smallest absolute Gasteiger partial charge is 0.242 e. The van der Waals surface area contributed by atoms with Gasteiger partial charge in [-0.05, 0) is 67.1 Å². The fourth-order valence-corrected chi connectivity index (χ4v) is 4.86. The van der Waals surface area contributed by atoms with Crippen LogP contribution in [0.2, 0.25) is 0 Å². The van der Waals surface area contributed by atoms with Gasteiger partial charge in [0, 0.05) is 11.4 Å². The third-order valence-electron chi connectivity index (χ3n) is 5.05. The average Bonchev–Trinajstić information content (AvgIpc) is 3.28. The first-order valence-electron chi connectivity index (χ1n) is 9.13. The molecule has 4 nitrogen and oxygen atoms in total. The molecule has 4 rings (SSSR count). The predicted molar refractivity (Wildman–Crippen MR) is 112 cm³/mol. The number of carbonyl (C=O) groups excluding carboxylic acids is 2. The Kier molecular flexibility index (Phi) is 5.15. The van der Waals surface area contributed by atoms with Crippen LogP contribution in [0.5, 0.6) is 0 Å².